The average Bonchev–Trinajstić information content (AvgIpc) is 2.30. The molecule has 0 amide bonds. The smallest absolute Gasteiger partial charge is 0.330 e. The van der Waals surface area contributed by atoms with Crippen molar-refractivity contribution in [1.29, 1.82) is 0 Å². The lowest BCUT2D eigenvalue weighted by Gasteiger charge is -2.36. The number of aliphatic hydroxyl groups is 2. The highest BCUT2D eigenvalue weighted by atomic mass is 16.4. The van der Waals surface area contributed by atoms with E-state index >= 15 is 0 Å². The van der Waals surface area contributed by atoms with Crippen LogP contribution in [0.15, 0.2) is 11.6 Å². The van der Waals surface area contributed by atoms with Gasteiger partial charge < -0.3 is 15.3 Å². The summed E-state index contributed by atoms with van der Waals surface area (Å²) in [4.78, 5) is 10.7. The largest absolute Gasteiger partial charge is 0.478 e. The maximum atomic E-state index is 10.7. The van der Waals surface area contributed by atoms with E-state index < -0.39 is 5.97 Å². The van der Waals surface area contributed by atoms with Crippen LogP contribution in [0.3, 0.4) is 0 Å². The summed E-state index contributed by atoms with van der Waals surface area (Å²) in [7, 11) is 0. The number of carbonyl (C=O) groups is 1. The molecule has 0 aromatic rings. The van der Waals surface area contributed by atoms with Gasteiger partial charge in [-0.25, -0.2) is 4.79 Å². The van der Waals surface area contributed by atoms with Crippen LogP contribution in [0.4, 0.5) is 0 Å². The van der Waals surface area contributed by atoms with Crippen molar-refractivity contribution < 1.29 is 20.1 Å². The highest BCUT2D eigenvalue weighted by Crippen LogP contribution is 2.39. The standard InChI is InChI=1S/C12H20O4/c1-9(11(15)16)6-10-2-4-12(7-13,8-14)5-3-10/h6,10,13-14H,2-5,7-8H2,1H3,(H,15,16). The van der Waals surface area contributed by atoms with Gasteiger partial charge in [0.25, 0.3) is 0 Å². The third kappa shape index (κ3) is 3.06. The lowest BCUT2D eigenvalue weighted by atomic mass is 9.71. The second kappa shape index (κ2) is 5.46. The Labute approximate surface area is 95.6 Å². The zero-order valence-corrected chi connectivity index (χ0v) is 9.65. The van der Waals surface area contributed by atoms with E-state index in [1.165, 1.54) is 0 Å². The minimum absolute atomic E-state index is 0.0118. The molecule has 1 aliphatic carbocycles. The molecule has 1 fully saturated rings. The SMILES string of the molecule is CC(=CC1CCC(CO)(CO)CC1)C(=O)O. The molecule has 4 nitrogen and oxygen atoms in total. The number of hydrogen-bond donors (Lipinski definition) is 3. The fourth-order valence-electron chi connectivity index (χ4n) is 2.21. The molecule has 0 spiro atoms. The monoisotopic (exact) mass is 228 g/mol. The van der Waals surface area contributed by atoms with Gasteiger partial charge in [-0.05, 0) is 38.5 Å². The Hall–Kier alpha value is -0.870. The zero-order chi connectivity index (χ0) is 12.2. The van der Waals surface area contributed by atoms with Crippen molar-refractivity contribution in [1.82, 2.24) is 0 Å². The van der Waals surface area contributed by atoms with E-state index in [4.69, 9.17) is 5.11 Å². The molecule has 0 atom stereocenters. The van der Waals surface area contributed by atoms with Gasteiger partial charge in [-0.1, -0.05) is 6.08 Å². The molecular formula is C12H20O4. The minimum Gasteiger partial charge on any atom is -0.478 e. The van der Waals surface area contributed by atoms with Crippen molar-refractivity contribution in [3.63, 3.8) is 0 Å². The van der Waals surface area contributed by atoms with Crippen molar-refractivity contribution in [3.8, 4) is 0 Å². The van der Waals surface area contributed by atoms with E-state index in [1.54, 1.807) is 13.0 Å². The summed E-state index contributed by atoms with van der Waals surface area (Å²) in [6.45, 7) is 1.62. The van der Waals surface area contributed by atoms with E-state index in [0.717, 1.165) is 25.7 Å². The van der Waals surface area contributed by atoms with Crippen LogP contribution in [0.25, 0.3) is 0 Å². The first-order chi connectivity index (χ1) is 7.53. The molecule has 0 aromatic carbocycles. The Morgan fingerprint density at radius 2 is 1.81 bits per heavy atom. The van der Waals surface area contributed by atoms with Crippen molar-refractivity contribution in [2.24, 2.45) is 11.3 Å². The second-order valence-electron chi connectivity index (χ2n) is 4.81. The first-order valence-corrected chi connectivity index (χ1v) is 5.66. The van der Waals surface area contributed by atoms with Crippen molar-refractivity contribution in [2.75, 3.05) is 13.2 Å². The van der Waals surface area contributed by atoms with Crippen LogP contribution in [0, 0.1) is 11.3 Å². The molecule has 0 heterocycles. The Balaban J connectivity index is 2.55. The predicted octanol–water partition coefficient (Wildman–Crippen LogP) is 1.18. The Bertz CT molecular complexity index is 269. The maximum Gasteiger partial charge on any atom is 0.330 e. The topological polar surface area (TPSA) is 77.8 Å². The molecule has 0 bridgehead atoms. The van der Waals surface area contributed by atoms with Gasteiger partial charge in [-0.3, -0.25) is 0 Å². The fourth-order valence-corrected chi connectivity index (χ4v) is 2.21. The zero-order valence-electron chi connectivity index (χ0n) is 9.65. The molecule has 1 saturated carbocycles. The Morgan fingerprint density at radius 1 is 1.31 bits per heavy atom. The highest BCUT2D eigenvalue weighted by molar-refractivity contribution is 5.85. The van der Waals surface area contributed by atoms with Gasteiger partial charge in [0.1, 0.15) is 0 Å². The maximum absolute atomic E-state index is 10.7. The van der Waals surface area contributed by atoms with E-state index in [9.17, 15) is 15.0 Å². The number of aliphatic hydroxyl groups excluding tert-OH is 2. The van der Waals surface area contributed by atoms with Gasteiger partial charge >= 0.3 is 5.97 Å². The molecule has 1 rings (SSSR count). The average molecular weight is 228 g/mol. The summed E-state index contributed by atoms with van der Waals surface area (Å²) in [5, 5.41) is 27.2. The molecule has 0 aromatic heterocycles. The Morgan fingerprint density at radius 3 is 2.19 bits per heavy atom. The van der Waals surface area contributed by atoms with Crippen LogP contribution in [-0.4, -0.2) is 34.5 Å². The number of carboxylic acid groups (broad SMARTS) is 1. The molecular weight excluding hydrogens is 208 g/mol. The van der Waals surface area contributed by atoms with Crippen molar-refractivity contribution >= 4 is 5.97 Å². The van der Waals surface area contributed by atoms with Crippen molar-refractivity contribution in [3.05, 3.63) is 11.6 Å². The number of carboxylic acids is 1. The summed E-state index contributed by atoms with van der Waals surface area (Å²) in [5.41, 5.74) is 0.0343. The summed E-state index contributed by atoms with van der Waals surface area (Å²) >= 11 is 0. The molecule has 4 heteroatoms. The Kier molecular flexibility index (Phi) is 4.50. The van der Waals surface area contributed by atoms with E-state index in [-0.39, 0.29) is 24.5 Å². The third-order valence-corrected chi connectivity index (χ3v) is 3.58. The predicted molar refractivity (Wildman–Crippen MR) is 60.0 cm³/mol. The first-order valence-electron chi connectivity index (χ1n) is 5.66. The van der Waals surface area contributed by atoms with Gasteiger partial charge in [0.2, 0.25) is 0 Å². The van der Waals surface area contributed by atoms with Crippen LogP contribution in [0.5, 0.6) is 0 Å². The van der Waals surface area contributed by atoms with E-state index in [2.05, 4.69) is 0 Å². The molecule has 3 N–H and O–H groups in total. The molecule has 0 saturated heterocycles. The molecule has 92 valence electrons. The van der Waals surface area contributed by atoms with Gasteiger partial charge in [-0.2, -0.15) is 0 Å². The van der Waals surface area contributed by atoms with Gasteiger partial charge in [0.15, 0.2) is 0 Å². The quantitative estimate of drug-likeness (QED) is 0.631. The summed E-state index contributed by atoms with van der Waals surface area (Å²) in [6.07, 6.45) is 4.99. The fraction of sp³-hybridized carbons (Fsp3) is 0.750. The second-order valence-corrected chi connectivity index (χ2v) is 4.81. The third-order valence-electron chi connectivity index (χ3n) is 3.58. The van der Waals surface area contributed by atoms with Crippen molar-refractivity contribution in [2.45, 2.75) is 32.6 Å². The number of rotatable bonds is 4. The van der Waals surface area contributed by atoms with E-state index in [0.29, 0.717) is 5.57 Å². The number of hydrogen-bond acceptors (Lipinski definition) is 3. The van der Waals surface area contributed by atoms with Crippen LogP contribution < -0.4 is 0 Å². The van der Waals surface area contributed by atoms with Gasteiger partial charge in [-0.15, -0.1) is 0 Å². The highest BCUT2D eigenvalue weighted by Gasteiger charge is 2.33. The summed E-state index contributed by atoms with van der Waals surface area (Å²) < 4.78 is 0. The van der Waals surface area contributed by atoms with Gasteiger partial charge in [0, 0.05) is 11.0 Å². The van der Waals surface area contributed by atoms with Crippen LogP contribution in [0.2, 0.25) is 0 Å². The summed E-state index contributed by atoms with van der Waals surface area (Å²) in [6, 6.07) is 0. The molecule has 0 unspecified atom stereocenters. The molecule has 16 heavy (non-hydrogen) atoms. The number of aliphatic carboxylic acids is 1. The van der Waals surface area contributed by atoms with Gasteiger partial charge in [0.05, 0.1) is 13.2 Å². The van der Waals surface area contributed by atoms with Crippen LogP contribution in [0.1, 0.15) is 32.6 Å². The first kappa shape index (κ1) is 13.2. The summed E-state index contributed by atoms with van der Waals surface area (Å²) in [5.74, 6) is -0.608. The lowest BCUT2D eigenvalue weighted by molar-refractivity contribution is -0.132. The van der Waals surface area contributed by atoms with E-state index in [1.807, 2.05) is 0 Å². The lowest BCUT2D eigenvalue weighted by Crippen LogP contribution is -2.34. The van der Waals surface area contributed by atoms with Crippen LogP contribution >= 0.6 is 0 Å². The van der Waals surface area contributed by atoms with Crippen LogP contribution in [-0.2, 0) is 4.79 Å². The molecule has 0 radical (unpaired) electrons. The molecule has 0 aliphatic heterocycles. The normalized spacial score (nSPS) is 22.1. The molecule has 1 aliphatic rings. The number of allylic oxidation sites excluding steroid dienone is 1. The minimum atomic E-state index is -0.874.